The molecule has 0 bridgehead atoms. The topological polar surface area (TPSA) is 37.0 Å². The Morgan fingerprint density at radius 2 is 1.18 bits per heavy atom. The second kappa shape index (κ2) is 15.1. The lowest BCUT2D eigenvalue weighted by atomic mass is 9.69. The van der Waals surface area contributed by atoms with Crippen molar-refractivity contribution in [3.8, 4) is 22.4 Å². The van der Waals surface area contributed by atoms with Crippen LogP contribution in [0.1, 0.15) is 100 Å². The standard InChI is InChI=1S/C41H53N3/c1-40(2,33-18-10-9-11-19-33)34-22-24-36-35-23-21-32(39-20-12-17-29-44-39)30-37(35)41(38(36)31-34,25-13-5-7-15-27-42-3)26-14-6-8-16-28-43-4/h9-12,17-24,29-31,42-43H,5-8,13-16,25-28H2,1-4H3. The van der Waals surface area contributed by atoms with Crippen LogP contribution in [0, 0.1) is 0 Å². The highest BCUT2D eigenvalue weighted by atomic mass is 14.8. The van der Waals surface area contributed by atoms with Crippen LogP contribution in [-0.4, -0.2) is 32.2 Å². The van der Waals surface area contributed by atoms with Crippen molar-refractivity contribution >= 4 is 0 Å². The minimum atomic E-state index is -0.0732. The van der Waals surface area contributed by atoms with Crippen molar-refractivity contribution in [2.75, 3.05) is 27.2 Å². The van der Waals surface area contributed by atoms with Gasteiger partial charge in [0.2, 0.25) is 0 Å². The zero-order valence-corrected chi connectivity index (χ0v) is 27.6. The monoisotopic (exact) mass is 587 g/mol. The van der Waals surface area contributed by atoms with Gasteiger partial charge in [0.25, 0.3) is 0 Å². The Kier molecular flexibility index (Phi) is 11.1. The summed E-state index contributed by atoms with van der Waals surface area (Å²) in [4.78, 5) is 4.75. The first kappa shape index (κ1) is 32.1. The summed E-state index contributed by atoms with van der Waals surface area (Å²) in [5, 5.41) is 6.65. The number of hydrogen-bond acceptors (Lipinski definition) is 3. The third-order valence-corrected chi connectivity index (χ3v) is 10.1. The number of benzene rings is 3. The average molecular weight is 588 g/mol. The van der Waals surface area contributed by atoms with Crippen LogP contribution >= 0.6 is 0 Å². The fourth-order valence-corrected chi connectivity index (χ4v) is 7.43. The number of hydrogen-bond donors (Lipinski definition) is 2. The van der Waals surface area contributed by atoms with E-state index in [2.05, 4.69) is 117 Å². The van der Waals surface area contributed by atoms with E-state index < -0.39 is 0 Å². The molecule has 1 aliphatic carbocycles. The predicted octanol–water partition coefficient (Wildman–Crippen LogP) is 9.68. The van der Waals surface area contributed by atoms with Crippen LogP contribution in [0.4, 0.5) is 0 Å². The van der Waals surface area contributed by atoms with E-state index in [-0.39, 0.29) is 10.8 Å². The van der Waals surface area contributed by atoms with Gasteiger partial charge in [-0.25, -0.2) is 0 Å². The molecule has 44 heavy (non-hydrogen) atoms. The molecular formula is C41H53N3. The lowest BCUT2D eigenvalue weighted by molar-refractivity contribution is 0.398. The number of nitrogens with zero attached hydrogens (tertiary/aromatic N) is 1. The van der Waals surface area contributed by atoms with Gasteiger partial charge in [0.15, 0.2) is 0 Å². The van der Waals surface area contributed by atoms with Gasteiger partial charge in [-0.15, -0.1) is 0 Å². The highest BCUT2D eigenvalue weighted by Crippen LogP contribution is 2.56. The van der Waals surface area contributed by atoms with E-state index in [1.807, 2.05) is 12.3 Å². The van der Waals surface area contributed by atoms with Crippen molar-refractivity contribution in [3.05, 3.63) is 113 Å². The molecule has 3 nitrogen and oxygen atoms in total. The van der Waals surface area contributed by atoms with E-state index in [1.165, 1.54) is 97.6 Å². The predicted molar refractivity (Wildman–Crippen MR) is 188 cm³/mol. The second-order valence-corrected chi connectivity index (χ2v) is 13.3. The van der Waals surface area contributed by atoms with Gasteiger partial charge in [0, 0.05) is 22.6 Å². The number of aromatic nitrogens is 1. The van der Waals surface area contributed by atoms with E-state index in [4.69, 9.17) is 4.98 Å². The molecular weight excluding hydrogens is 534 g/mol. The van der Waals surface area contributed by atoms with Crippen LogP contribution in [0.5, 0.6) is 0 Å². The minimum Gasteiger partial charge on any atom is -0.320 e. The van der Waals surface area contributed by atoms with Crippen LogP contribution in [0.2, 0.25) is 0 Å². The molecule has 0 fully saturated rings. The molecule has 3 aromatic carbocycles. The first-order valence-electron chi connectivity index (χ1n) is 17.1. The smallest absolute Gasteiger partial charge is 0.0702 e. The third kappa shape index (κ3) is 7.00. The Morgan fingerprint density at radius 3 is 1.80 bits per heavy atom. The van der Waals surface area contributed by atoms with Gasteiger partial charge in [0.05, 0.1) is 5.69 Å². The van der Waals surface area contributed by atoms with Crippen LogP contribution < -0.4 is 10.6 Å². The zero-order valence-electron chi connectivity index (χ0n) is 27.6. The van der Waals surface area contributed by atoms with Crippen molar-refractivity contribution in [2.24, 2.45) is 0 Å². The highest BCUT2D eigenvalue weighted by Gasteiger charge is 2.43. The number of unbranched alkanes of at least 4 members (excludes halogenated alkanes) is 6. The minimum absolute atomic E-state index is 0.0181. The van der Waals surface area contributed by atoms with Crippen molar-refractivity contribution in [1.82, 2.24) is 15.6 Å². The fourth-order valence-electron chi connectivity index (χ4n) is 7.43. The van der Waals surface area contributed by atoms with Crippen molar-refractivity contribution in [3.63, 3.8) is 0 Å². The molecule has 0 unspecified atom stereocenters. The van der Waals surface area contributed by atoms with Crippen LogP contribution in [0.15, 0.2) is 91.1 Å². The average Bonchev–Trinajstić information content (AvgIpc) is 3.33. The van der Waals surface area contributed by atoms with Crippen molar-refractivity contribution in [2.45, 2.75) is 88.9 Å². The Morgan fingerprint density at radius 1 is 0.591 bits per heavy atom. The molecule has 1 aliphatic rings. The van der Waals surface area contributed by atoms with E-state index in [1.54, 1.807) is 5.56 Å². The molecule has 2 N–H and O–H groups in total. The maximum Gasteiger partial charge on any atom is 0.0702 e. The van der Waals surface area contributed by atoms with Crippen molar-refractivity contribution in [1.29, 1.82) is 0 Å². The highest BCUT2D eigenvalue weighted by molar-refractivity contribution is 5.84. The molecule has 0 aliphatic heterocycles. The SMILES string of the molecule is CNCCCCCCC1(CCCCCCNC)c2cc(-c3ccccn3)ccc2-c2ccc(C(C)(C)c3ccccc3)cc21. The lowest BCUT2D eigenvalue weighted by Gasteiger charge is -2.35. The van der Waals surface area contributed by atoms with Gasteiger partial charge >= 0.3 is 0 Å². The van der Waals surface area contributed by atoms with Crippen LogP contribution in [0.3, 0.4) is 0 Å². The lowest BCUT2D eigenvalue weighted by Crippen LogP contribution is -2.27. The van der Waals surface area contributed by atoms with Crippen LogP contribution in [0.25, 0.3) is 22.4 Å². The third-order valence-electron chi connectivity index (χ3n) is 10.1. The molecule has 0 saturated carbocycles. The molecule has 1 aromatic heterocycles. The van der Waals surface area contributed by atoms with Gasteiger partial charge in [-0.1, -0.05) is 119 Å². The zero-order chi connectivity index (χ0) is 30.8. The largest absolute Gasteiger partial charge is 0.320 e. The van der Waals surface area contributed by atoms with Gasteiger partial charge in [0.1, 0.15) is 0 Å². The van der Waals surface area contributed by atoms with Crippen molar-refractivity contribution < 1.29 is 0 Å². The van der Waals surface area contributed by atoms with Gasteiger partial charge < -0.3 is 10.6 Å². The summed E-state index contributed by atoms with van der Waals surface area (Å²) in [5.74, 6) is 0. The summed E-state index contributed by atoms with van der Waals surface area (Å²) in [6.45, 7) is 6.98. The number of rotatable bonds is 17. The number of nitrogens with one attached hydrogen (secondary N) is 2. The maximum absolute atomic E-state index is 4.75. The summed E-state index contributed by atoms with van der Waals surface area (Å²) in [7, 11) is 4.12. The molecule has 5 rings (SSSR count). The van der Waals surface area contributed by atoms with E-state index in [0.29, 0.717) is 0 Å². The second-order valence-electron chi connectivity index (χ2n) is 13.3. The molecule has 1 heterocycles. The molecule has 232 valence electrons. The summed E-state index contributed by atoms with van der Waals surface area (Å²) in [5.41, 5.74) is 11.0. The van der Waals surface area contributed by atoms with E-state index in [0.717, 1.165) is 18.8 Å². The first-order chi connectivity index (χ1) is 21.5. The molecule has 4 aromatic rings. The quantitative estimate of drug-likeness (QED) is 0.121. The van der Waals surface area contributed by atoms with Gasteiger partial charge in [-0.05, 0) is 104 Å². The molecule has 0 atom stereocenters. The summed E-state index contributed by atoms with van der Waals surface area (Å²) < 4.78 is 0. The Labute approximate surface area is 266 Å². The molecule has 3 heteroatoms. The first-order valence-corrected chi connectivity index (χ1v) is 17.1. The van der Waals surface area contributed by atoms with Gasteiger partial charge in [-0.2, -0.15) is 0 Å². The summed E-state index contributed by atoms with van der Waals surface area (Å²) in [6, 6.07) is 31.9. The Hall–Kier alpha value is -3.27. The van der Waals surface area contributed by atoms with Crippen LogP contribution in [-0.2, 0) is 10.8 Å². The van der Waals surface area contributed by atoms with E-state index >= 15 is 0 Å². The number of fused-ring (bicyclic) bond motifs is 3. The van der Waals surface area contributed by atoms with Gasteiger partial charge in [-0.3, -0.25) is 4.98 Å². The van der Waals surface area contributed by atoms with E-state index in [9.17, 15) is 0 Å². The molecule has 0 saturated heterocycles. The normalized spacial score (nSPS) is 13.5. The summed E-state index contributed by atoms with van der Waals surface area (Å²) in [6.07, 6.45) is 14.5. The molecule has 0 amide bonds. The Bertz CT molecular complexity index is 1440. The maximum atomic E-state index is 4.75. The Balaban J connectivity index is 1.58. The number of pyridine rings is 1. The summed E-state index contributed by atoms with van der Waals surface area (Å²) >= 11 is 0. The molecule has 0 spiro atoms. The molecule has 0 radical (unpaired) electrons. The fraction of sp³-hybridized carbons (Fsp3) is 0.439.